The van der Waals surface area contributed by atoms with E-state index in [1.807, 2.05) is 0 Å². The molecular formula is C15H18FNO6S. The summed E-state index contributed by atoms with van der Waals surface area (Å²) in [7, 11) is -3.14. The van der Waals surface area contributed by atoms with Gasteiger partial charge in [-0.25, -0.2) is 17.6 Å². The number of nitrogens with zero attached hydrogens (tertiary/aromatic N) is 1. The monoisotopic (exact) mass is 359 g/mol. The topological polar surface area (TPSA) is 101 Å². The van der Waals surface area contributed by atoms with Crippen LogP contribution in [0.15, 0.2) is 23.1 Å². The van der Waals surface area contributed by atoms with Crippen molar-refractivity contribution in [3.8, 4) is 0 Å². The molecule has 0 spiro atoms. The van der Waals surface area contributed by atoms with Crippen LogP contribution in [-0.4, -0.2) is 49.0 Å². The number of rotatable bonds is 4. The number of carboxylic acids is 1. The summed E-state index contributed by atoms with van der Waals surface area (Å²) in [4.78, 5) is 22.6. The number of carboxylic acid groups (broad SMARTS) is 1. The third-order valence-corrected chi connectivity index (χ3v) is 6.24. The second-order valence-corrected chi connectivity index (χ2v) is 7.61. The van der Waals surface area contributed by atoms with Gasteiger partial charge in [0.05, 0.1) is 17.6 Å². The number of aliphatic carboxylic acids is 1. The van der Waals surface area contributed by atoms with E-state index in [0.717, 1.165) is 23.5 Å². The van der Waals surface area contributed by atoms with E-state index in [9.17, 15) is 27.5 Å². The molecule has 7 nitrogen and oxygen atoms in total. The van der Waals surface area contributed by atoms with Gasteiger partial charge in [-0.3, -0.25) is 4.79 Å². The highest BCUT2D eigenvalue weighted by Crippen LogP contribution is 2.34. The fraction of sp³-hybridized carbons (Fsp3) is 0.467. The molecule has 1 N–H and O–H groups in total. The molecule has 0 aromatic heterocycles. The van der Waals surface area contributed by atoms with E-state index in [4.69, 9.17) is 0 Å². The second kappa shape index (κ2) is 6.48. The smallest absolute Gasteiger partial charge is 0.340 e. The minimum Gasteiger partial charge on any atom is -0.480 e. The van der Waals surface area contributed by atoms with Crippen molar-refractivity contribution in [3.63, 3.8) is 0 Å². The van der Waals surface area contributed by atoms with Gasteiger partial charge in [0.15, 0.2) is 0 Å². The number of benzene rings is 1. The number of hydrogen-bond acceptors (Lipinski definition) is 5. The maximum atomic E-state index is 14.0. The second-order valence-electron chi connectivity index (χ2n) is 5.75. The Morgan fingerprint density at radius 3 is 2.54 bits per heavy atom. The molecule has 1 aliphatic heterocycles. The quantitative estimate of drug-likeness (QED) is 0.820. The summed E-state index contributed by atoms with van der Waals surface area (Å²) in [6, 6.07) is 2.79. The zero-order chi connectivity index (χ0) is 18.1. The molecule has 0 amide bonds. The first-order valence-electron chi connectivity index (χ1n) is 7.28. The van der Waals surface area contributed by atoms with Crippen LogP contribution in [0.3, 0.4) is 0 Å². The van der Waals surface area contributed by atoms with Crippen LogP contribution < -0.4 is 0 Å². The molecule has 1 unspecified atom stereocenters. The molecule has 0 saturated carbocycles. The molecule has 1 aromatic carbocycles. The van der Waals surface area contributed by atoms with Gasteiger partial charge in [-0.05, 0) is 44.4 Å². The van der Waals surface area contributed by atoms with Gasteiger partial charge in [0.1, 0.15) is 11.4 Å². The largest absolute Gasteiger partial charge is 0.480 e. The number of carbonyl (C=O) groups excluding carboxylic acids is 1. The number of piperidine rings is 1. The highest BCUT2D eigenvalue weighted by atomic mass is 32.2. The highest BCUT2D eigenvalue weighted by Gasteiger charge is 2.47. The van der Waals surface area contributed by atoms with Crippen LogP contribution in [0.25, 0.3) is 0 Å². The standard InChI is InChI=1S/C15H18FNO6S/c1-15(14(19)20)7-3-4-8-17(15)24(21,22)10-5-6-11(12(16)9-10)13(18)23-2/h5-6,9H,3-4,7-8H2,1-2H3,(H,19,20). The summed E-state index contributed by atoms with van der Waals surface area (Å²) in [5.74, 6) is -3.22. The van der Waals surface area contributed by atoms with Gasteiger partial charge >= 0.3 is 11.9 Å². The van der Waals surface area contributed by atoms with E-state index in [1.165, 1.54) is 6.92 Å². The summed E-state index contributed by atoms with van der Waals surface area (Å²) in [5.41, 5.74) is -1.98. The molecule has 132 valence electrons. The Bertz CT molecular complexity index is 778. The van der Waals surface area contributed by atoms with Crippen molar-refractivity contribution in [1.29, 1.82) is 0 Å². The maximum absolute atomic E-state index is 14.0. The Kier molecular flexibility index (Phi) is 4.95. The molecule has 1 saturated heterocycles. The van der Waals surface area contributed by atoms with Crippen LogP contribution in [0.5, 0.6) is 0 Å². The summed E-state index contributed by atoms with van der Waals surface area (Å²) < 4.78 is 44.9. The van der Waals surface area contributed by atoms with Crippen LogP contribution in [0.1, 0.15) is 36.5 Å². The van der Waals surface area contributed by atoms with Gasteiger partial charge in [-0.15, -0.1) is 0 Å². The maximum Gasteiger partial charge on any atom is 0.340 e. The molecule has 0 radical (unpaired) electrons. The highest BCUT2D eigenvalue weighted by molar-refractivity contribution is 7.89. The average Bonchev–Trinajstić information content (AvgIpc) is 2.54. The van der Waals surface area contributed by atoms with Gasteiger partial charge in [-0.2, -0.15) is 4.31 Å². The van der Waals surface area contributed by atoms with E-state index < -0.39 is 43.8 Å². The first-order valence-corrected chi connectivity index (χ1v) is 8.72. The first-order chi connectivity index (χ1) is 11.1. The van der Waals surface area contributed by atoms with E-state index in [0.29, 0.717) is 18.9 Å². The zero-order valence-electron chi connectivity index (χ0n) is 13.3. The molecule has 1 aliphatic rings. The zero-order valence-corrected chi connectivity index (χ0v) is 14.1. The SMILES string of the molecule is COC(=O)c1ccc(S(=O)(=O)N2CCCCC2(C)C(=O)O)cc1F. The van der Waals surface area contributed by atoms with Gasteiger partial charge in [0.25, 0.3) is 0 Å². The van der Waals surface area contributed by atoms with Gasteiger partial charge in [0, 0.05) is 6.54 Å². The number of carbonyl (C=O) groups is 2. The predicted molar refractivity (Wildman–Crippen MR) is 81.5 cm³/mol. The summed E-state index contributed by atoms with van der Waals surface area (Å²) >= 11 is 0. The van der Waals surface area contributed by atoms with E-state index in [-0.39, 0.29) is 13.0 Å². The van der Waals surface area contributed by atoms with Crippen molar-refractivity contribution in [2.75, 3.05) is 13.7 Å². The molecule has 0 aliphatic carbocycles. The fourth-order valence-electron chi connectivity index (χ4n) is 2.75. The van der Waals surface area contributed by atoms with E-state index in [1.54, 1.807) is 0 Å². The lowest BCUT2D eigenvalue weighted by atomic mass is 9.91. The molecule has 24 heavy (non-hydrogen) atoms. The van der Waals surface area contributed by atoms with Gasteiger partial charge in [-0.1, -0.05) is 0 Å². The number of esters is 1. The number of ether oxygens (including phenoxy) is 1. The van der Waals surface area contributed by atoms with Gasteiger partial charge < -0.3 is 9.84 Å². The number of halogens is 1. The van der Waals surface area contributed by atoms with Crippen LogP contribution in [0.2, 0.25) is 0 Å². The van der Waals surface area contributed by atoms with Crippen molar-refractivity contribution in [3.05, 3.63) is 29.6 Å². The third kappa shape index (κ3) is 3.01. The summed E-state index contributed by atoms with van der Waals surface area (Å²) in [6.07, 6.45) is 1.28. The molecule has 9 heteroatoms. The van der Waals surface area contributed by atoms with Crippen LogP contribution in [-0.2, 0) is 19.6 Å². The molecule has 2 rings (SSSR count). The Balaban J connectivity index is 2.48. The molecular weight excluding hydrogens is 341 g/mol. The van der Waals surface area contributed by atoms with Crippen molar-refractivity contribution in [2.24, 2.45) is 0 Å². The van der Waals surface area contributed by atoms with E-state index in [2.05, 4.69) is 4.74 Å². The third-order valence-electron chi connectivity index (χ3n) is 4.22. The lowest BCUT2D eigenvalue weighted by Crippen LogP contribution is -2.57. The van der Waals surface area contributed by atoms with Crippen molar-refractivity contribution in [2.45, 2.75) is 36.6 Å². The first kappa shape index (κ1) is 18.3. The molecule has 1 fully saturated rings. The predicted octanol–water partition coefficient (Wildman–Crippen LogP) is 1.63. The van der Waals surface area contributed by atoms with Gasteiger partial charge in [0.2, 0.25) is 10.0 Å². The van der Waals surface area contributed by atoms with Crippen LogP contribution in [0, 0.1) is 5.82 Å². The van der Waals surface area contributed by atoms with Crippen molar-refractivity contribution < 1.29 is 32.2 Å². The molecule has 1 aromatic rings. The average molecular weight is 359 g/mol. The normalized spacial score (nSPS) is 22.1. The van der Waals surface area contributed by atoms with E-state index >= 15 is 0 Å². The molecule has 1 heterocycles. The Morgan fingerprint density at radius 2 is 2.00 bits per heavy atom. The Morgan fingerprint density at radius 1 is 1.33 bits per heavy atom. The van der Waals surface area contributed by atoms with Crippen LogP contribution >= 0.6 is 0 Å². The Hall–Kier alpha value is -2.00. The minimum atomic E-state index is -4.23. The fourth-order valence-corrected chi connectivity index (χ4v) is 4.57. The molecule has 0 bridgehead atoms. The summed E-state index contributed by atoms with van der Waals surface area (Å²) in [5, 5.41) is 9.44. The minimum absolute atomic E-state index is 0.0332. The Labute approximate surface area is 139 Å². The van der Waals surface area contributed by atoms with Crippen molar-refractivity contribution in [1.82, 2.24) is 4.31 Å². The number of sulfonamides is 1. The number of methoxy groups -OCH3 is 1. The lowest BCUT2D eigenvalue weighted by Gasteiger charge is -2.40. The number of hydrogen-bond donors (Lipinski definition) is 1. The van der Waals surface area contributed by atoms with Crippen molar-refractivity contribution >= 4 is 22.0 Å². The summed E-state index contributed by atoms with van der Waals surface area (Å²) in [6.45, 7) is 1.37. The molecule has 1 atom stereocenters. The van der Waals surface area contributed by atoms with Crippen LogP contribution in [0.4, 0.5) is 4.39 Å². The lowest BCUT2D eigenvalue weighted by molar-refractivity contribution is -0.149.